The van der Waals surface area contributed by atoms with E-state index < -0.39 is 16.4 Å². The van der Waals surface area contributed by atoms with E-state index in [0.29, 0.717) is 28.5 Å². The quantitative estimate of drug-likeness (QED) is 0.724. The normalized spacial score (nSPS) is 20.2. The number of hydrogen-bond donors (Lipinski definition) is 0. The van der Waals surface area contributed by atoms with Crippen molar-refractivity contribution in [1.82, 2.24) is 9.88 Å². The lowest BCUT2D eigenvalue weighted by Gasteiger charge is -2.33. The van der Waals surface area contributed by atoms with Crippen molar-refractivity contribution in [2.24, 2.45) is 5.92 Å². The van der Waals surface area contributed by atoms with Crippen molar-refractivity contribution in [2.45, 2.75) is 44.2 Å². The molecule has 0 saturated carbocycles. The maximum atomic E-state index is 12.5. The van der Waals surface area contributed by atoms with E-state index in [0.717, 1.165) is 12.8 Å². The number of aromatic nitrogens is 1. The average Bonchev–Trinajstić information content (AvgIpc) is 2.45. The summed E-state index contributed by atoms with van der Waals surface area (Å²) in [6.07, 6.45) is 1.60. The first-order valence-electron chi connectivity index (χ1n) is 7.73. The van der Waals surface area contributed by atoms with E-state index in [1.165, 1.54) is 0 Å². The number of halogens is 1. The summed E-state index contributed by atoms with van der Waals surface area (Å²) in [5.74, 6) is 0.723. The molecule has 1 fully saturated rings. The van der Waals surface area contributed by atoms with E-state index in [9.17, 15) is 9.00 Å². The number of pyridine rings is 1. The first-order valence-corrected chi connectivity index (χ1v) is 9.84. The molecule has 1 amide bonds. The smallest absolute Gasteiger partial charge is 0.410 e. The molecule has 1 aromatic rings. The van der Waals surface area contributed by atoms with Gasteiger partial charge in [-0.15, -0.1) is 0 Å². The lowest BCUT2D eigenvalue weighted by atomic mass is 10.0. The Kier molecular flexibility index (Phi) is 6.19. The monoisotopic (exact) mass is 402 g/mol. The van der Waals surface area contributed by atoms with Crippen LogP contribution in [0.3, 0.4) is 0 Å². The highest BCUT2D eigenvalue weighted by Crippen LogP contribution is 2.22. The number of likely N-dealkylation sites (tertiary alicyclic amines) is 1. The fourth-order valence-corrected chi connectivity index (χ4v) is 4.27. The molecule has 1 aromatic heterocycles. The summed E-state index contributed by atoms with van der Waals surface area (Å²) in [6, 6.07) is 5.42. The minimum absolute atomic E-state index is 0.206. The van der Waals surface area contributed by atoms with Gasteiger partial charge < -0.3 is 9.64 Å². The zero-order valence-electron chi connectivity index (χ0n) is 13.8. The number of ether oxygens (including phenoxy) is 1. The number of carbonyl (C=O) groups excluding carboxylic acids is 1. The van der Waals surface area contributed by atoms with E-state index in [1.54, 1.807) is 11.0 Å². The van der Waals surface area contributed by atoms with Crippen LogP contribution in [0.4, 0.5) is 4.79 Å². The van der Waals surface area contributed by atoms with Crippen molar-refractivity contribution in [3.63, 3.8) is 0 Å². The summed E-state index contributed by atoms with van der Waals surface area (Å²) in [6.45, 7) is 6.88. The van der Waals surface area contributed by atoms with Crippen LogP contribution in [0.2, 0.25) is 0 Å². The first-order chi connectivity index (χ1) is 10.7. The molecular weight excluding hydrogens is 380 g/mol. The molecule has 1 aliphatic rings. The third-order valence-electron chi connectivity index (χ3n) is 3.48. The molecule has 0 aliphatic carbocycles. The van der Waals surface area contributed by atoms with Crippen LogP contribution in [0.25, 0.3) is 0 Å². The molecule has 0 N–H and O–H groups in total. The number of hydrogen-bond acceptors (Lipinski definition) is 4. The minimum atomic E-state index is -1.16. The van der Waals surface area contributed by atoms with Crippen LogP contribution in [0.1, 0.15) is 33.6 Å². The number of piperidine rings is 1. The van der Waals surface area contributed by atoms with Gasteiger partial charge in [0.2, 0.25) is 0 Å². The fourth-order valence-electron chi connectivity index (χ4n) is 2.51. The molecule has 2 rings (SSSR count). The van der Waals surface area contributed by atoms with Gasteiger partial charge in [0.1, 0.15) is 15.2 Å². The minimum Gasteiger partial charge on any atom is -0.444 e. The van der Waals surface area contributed by atoms with Crippen LogP contribution < -0.4 is 0 Å². The maximum Gasteiger partial charge on any atom is 0.410 e. The van der Waals surface area contributed by atoms with Gasteiger partial charge in [-0.05, 0) is 67.6 Å². The summed E-state index contributed by atoms with van der Waals surface area (Å²) in [7, 11) is -1.16. The second-order valence-corrected chi connectivity index (χ2v) is 9.00. The highest BCUT2D eigenvalue weighted by atomic mass is 79.9. The Balaban J connectivity index is 1.93. The molecule has 0 aromatic carbocycles. The van der Waals surface area contributed by atoms with Gasteiger partial charge in [0, 0.05) is 18.8 Å². The van der Waals surface area contributed by atoms with Gasteiger partial charge in [-0.3, -0.25) is 4.21 Å². The van der Waals surface area contributed by atoms with Gasteiger partial charge in [-0.1, -0.05) is 6.07 Å². The van der Waals surface area contributed by atoms with E-state index in [2.05, 4.69) is 20.9 Å². The molecule has 0 spiro atoms. The molecule has 5 nitrogen and oxygen atoms in total. The second-order valence-electron chi connectivity index (χ2n) is 6.75. The van der Waals surface area contributed by atoms with Crippen LogP contribution >= 0.6 is 15.9 Å². The van der Waals surface area contributed by atoms with Crippen LogP contribution in [0, 0.1) is 5.92 Å². The van der Waals surface area contributed by atoms with Crippen molar-refractivity contribution < 1.29 is 13.7 Å². The lowest BCUT2D eigenvalue weighted by molar-refractivity contribution is 0.0176. The Morgan fingerprint density at radius 2 is 2.22 bits per heavy atom. The fraction of sp³-hybridized carbons (Fsp3) is 0.625. The number of carbonyl (C=O) groups is 1. The highest BCUT2D eigenvalue weighted by Gasteiger charge is 2.28. The van der Waals surface area contributed by atoms with Gasteiger partial charge in [0.05, 0.1) is 10.8 Å². The topological polar surface area (TPSA) is 59.5 Å². The zero-order valence-corrected chi connectivity index (χ0v) is 16.2. The van der Waals surface area contributed by atoms with Gasteiger partial charge in [-0.2, -0.15) is 0 Å². The largest absolute Gasteiger partial charge is 0.444 e. The van der Waals surface area contributed by atoms with Crippen LogP contribution in [0.15, 0.2) is 27.8 Å². The van der Waals surface area contributed by atoms with E-state index in [-0.39, 0.29) is 12.0 Å². The van der Waals surface area contributed by atoms with Crippen LogP contribution in [-0.4, -0.2) is 44.6 Å². The zero-order chi connectivity index (χ0) is 17.0. The molecule has 2 heterocycles. The Hall–Kier alpha value is -0.950. The Bertz CT molecular complexity index is 589. The van der Waals surface area contributed by atoms with Crippen molar-refractivity contribution >= 4 is 32.8 Å². The van der Waals surface area contributed by atoms with Crippen LogP contribution in [0.5, 0.6) is 0 Å². The summed E-state index contributed by atoms with van der Waals surface area (Å²) >= 11 is 3.30. The molecule has 0 unspecified atom stereocenters. The third kappa shape index (κ3) is 5.88. The summed E-state index contributed by atoms with van der Waals surface area (Å²) < 4.78 is 18.6. The Morgan fingerprint density at radius 3 is 2.87 bits per heavy atom. The molecule has 1 aliphatic heterocycles. The summed E-state index contributed by atoms with van der Waals surface area (Å²) in [4.78, 5) is 18.1. The third-order valence-corrected chi connectivity index (χ3v) is 5.39. The summed E-state index contributed by atoms with van der Waals surface area (Å²) in [5.41, 5.74) is -0.493. The van der Waals surface area contributed by atoms with Crippen LogP contribution in [-0.2, 0) is 15.5 Å². The highest BCUT2D eigenvalue weighted by molar-refractivity contribution is 9.10. The standard InChI is InChI=1S/C16H23BrN2O3S/c1-16(2,3)22-15(20)19-9-5-6-12(10-19)11-23(21)14-8-4-7-13(17)18-14/h4,7-8,12H,5-6,9-11H2,1-3H3/t12-,23-/m0/s1. The molecule has 0 radical (unpaired) electrons. The first kappa shape index (κ1) is 18.4. The van der Waals surface area contributed by atoms with E-state index >= 15 is 0 Å². The molecule has 0 bridgehead atoms. The predicted octanol–water partition coefficient (Wildman–Crippen LogP) is 3.60. The second kappa shape index (κ2) is 7.75. The molecule has 1 saturated heterocycles. The average molecular weight is 403 g/mol. The van der Waals surface area contributed by atoms with Gasteiger partial charge >= 0.3 is 6.09 Å². The van der Waals surface area contributed by atoms with Gasteiger partial charge in [0.15, 0.2) is 0 Å². The number of rotatable bonds is 3. The van der Waals surface area contributed by atoms with Gasteiger partial charge in [-0.25, -0.2) is 9.78 Å². The van der Waals surface area contributed by atoms with Crippen molar-refractivity contribution in [1.29, 1.82) is 0 Å². The molecule has 23 heavy (non-hydrogen) atoms. The van der Waals surface area contributed by atoms with Crippen molar-refractivity contribution in [3.05, 3.63) is 22.8 Å². The van der Waals surface area contributed by atoms with E-state index in [4.69, 9.17) is 4.74 Å². The SMILES string of the molecule is CC(C)(C)OC(=O)N1CCC[C@H](C[S@](=O)c2cccc(Br)n2)C1. The maximum absolute atomic E-state index is 12.5. The Morgan fingerprint density at radius 1 is 1.48 bits per heavy atom. The summed E-state index contributed by atoms with van der Waals surface area (Å²) in [5, 5.41) is 0.578. The van der Waals surface area contributed by atoms with Crippen molar-refractivity contribution in [2.75, 3.05) is 18.8 Å². The van der Waals surface area contributed by atoms with Gasteiger partial charge in [0.25, 0.3) is 0 Å². The molecule has 2 atom stereocenters. The number of nitrogens with zero attached hydrogens (tertiary/aromatic N) is 2. The molecule has 128 valence electrons. The van der Waals surface area contributed by atoms with Crippen molar-refractivity contribution in [3.8, 4) is 0 Å². The number of amides is 1. The lowest BCUT2D eigenvalue weighted by Crippen LogP contribution is -2.44. The van der Waals surface area contributed by atoms with E-state index in [1.807, 2.05) is 32.9 Å². The Labute approximate surface area is 148 Å². The predicted molar refractivity (Wildman–Crippen MR) is 93.7 cm³/mol. The molecular formula is C16H23BrN2O3S. The molecule has 7 heteroatoms.